The summed E-state index contributed by atoms with van der Waals surface area (Å²) in [6, 6.07) is 14.9. The van der Waals surface area contributed by atoms with Crippen molar-refractivity contribution in [1.82, 2.24) is 5.32 Å². The van der Waals surface area contributed by atoms with Gasteiger partial charge < -0.3 is 5.32 Å². The molecule has 0 unspecified atom stereocenters. The summed E-state index contributed by atoms with van der Waals surface area (Å²) in [6.45, 7) is 2.56. The van der Waals surface area contributed by atoms with E-state index < -0.39 is 0 Å². The Kier molecular flexibility index (Phi) is 4.00. The predicted octanol–water partition coefficient (Wildman–Crippen LogP) is 3.58. The zero-order valence-electron chi connectivity index (χ0n) is 10.1. The maximum Gasteiger partial charge on any atom is 0.251 e. The highest BCUT2D eigenvalue weighted by Crippen LogP contribution is 2.10. The zero-order chi connectivity index (χ0) is 13.0. The number of rotatable bonds is 3. The summed E-state index contributed by atoms with van der Waals surface area (Å²) >= 11 is 5.78. The van der Waals surface area contributed by atoms with Gasteiger partial charge in [0.15, 0.2) is 0 Å². The lowest BCUT2D eigenvalue weighted by Gasteiger charge is -2.06. The number of hydrogen-bond donors (Lipinski definition) is 1. The number of benzene rings is 2. The lowest BCUT2D eigenvalue weighted by molar-refractivity contribution is 0.0951. The van der Waals surface area contributed by atoms with Crippen LogP contribution < -0.4 is 5.32 Å². The maximum atomic E-state index is 11.9. The molecule has 0 bridgehead atoms. The molecular formula is C15H14ClNO. The molecule has 1 N–H and O–H groups in total. The molecule has 0 aliphatic rings. The van der Waals surface area contributed by atoms with Gasteiger partial charge in [-0.2, -0.15) is 0 Å². The summed E-state index contributed by atoms with van der Waals surface area (Å²) in [5, 5.41) is 3.51. The second-order valence-electron chi connectivity index (χ2n) is 4.18. The molecule has 0 aliphatic carbocycles. The van der Waals surface area contributed by atoms with E-state index >= 15 is 0 Å². The van der Waals surface area contributed by atoms with Crippen LogP contribution in [-0.4, -0.2) is 5.91 Å². The van der Waals surface area contributed by atoms with Crippen LogP contribution in [0, 0.1) is 6.92 Å². The summed E-state index contributed by atoms with van der Waals surface area (Å²) in [7, 11) is 0. The fourth-order valence-corrected chi connectivity index (χ4v) is 1.83. The molecule has 0 aliphatic heterocycles. The fraction of sp³-hybridized carbons (Fsp3) is 0.133. The third-order valence-electron chi connectivity index (χ3n) is 2.64. The van der Waals surface area contributed by atoms with Crippen molar-refractivity contribution in [3.8, 4) is 0 Å². The lowest BCUT2D eigenvalue weighted by Crippen LogP contribution is -2.22. The van der Waals surface area contributed by atoms with Gasteiger partial charge in [-0.1, -0.05) is 41.4 Å². The number of hydrogen-bond acceptors (Lipinski definition) is 1. The smallest absolute Gasteiger partial charge is 0.251 e. The monoisotopic (exact) mass is 259 g/mol. The van der Waals surface area contributed by atoms with Gasteiger partial charge in [0.25, 0.3) is 5.91 Å². The Hall–Kier alpha value is -1.80. The predicted molar refractivity (Wildman–Crippen MR) is 73.8 cm³/mol. The van der Waals surface area contributed by atoms with Crippen LogP contribution in [0.3, 0.4) is 0 Å². The highest BCUT2D eigenvalue weighted by atomic mass is 35.5. The molecule has 0 radical (unpaired) electrons. The first-order valence-corrected chi connectivity index (χ1v) is 6.12. The maximum absolute atomic E-state index is 11.9. The molecular weight excluding hydrogens is 246 g/mol. The van der Waals surface area contributed by atoms with E-state index in [9.17, 15) is 4.79 Å². The van der Waals surface area contributed by atoms with Crippen LogP contribution in [0.25, 0.3) is 0 Å². The minimum atomic E-state index is -0.0897. The molecule has 2 nitrogen and oxygen atoms in total. The van der Waals surface area contributed by atoms with Gasteiger partial charge >= 0.3 is 0 Å². The van der Waals surface area contributed by atoms with E-state index in [-0.39, 0.29) is 5.91 Å². The first-order chi connectivity index (χ1) is 8.65. The number of aryl methyl sites for hydroxylation is 1. The van der Waals surface area contributed by atoms with E-state index in [4.69, 9.17) is 11.6 Å². The Labute approximate surface area is 112 Å². The number of amides is 1. The first-order valence-electron chi connectivity index (χ1n) is 5.74. The van der Waals surface area contributed by atoms with Crippen molar-refractivity contribution in [3.63, 3.8) is 0 Å². The fourth-order valence-electron chi connectivity index (χ4n) is 1.71. The third kappa shape index (κ3) is 3.34. The minimum absolute atomic E-state index is 0.0897. The number of carbonyl (C=O) groups excluding carboxylic acids is 1. The molecule has 1 amide bonds. The summed E-state index contributed by atoms with van der Waals surface area (Å²) in [4.78, 5) is 11.9. The van der Waals surface area contributed by atoms with Crippen molar-refractivity contribution in [3.05, 3.63) is 70.2 Å². The van der Waals surface area contributed by atoms with E-state index in [0.717, 1.165) is 5.56 Å². The van der Waals surface area contributed by atoms with Gasteiger partial charge in [0.2, 0.25) is 0 Å². The van der Waals surface area contributed by atoms with Crippen molar-refractivity contribution >= 4 is 17.5 Å². The highest BCUT2D eigenvalue weighted by Gasteiger charge is 2.04. The number of nitrogens with one attached hydrogen (secondary N) is 1. The molecule has 18 heavy (non-hydrogen) atoms. The van der Waals surface area contributed by atoms with Gasteiger partial charge in [-0.15, -0.1) is 0 Å². The summed E-state index contributed by atoms with van der Waals surface area (Å²) in [5.41, 5.74) is 2.90. The summed E-state index contributed by atoms with van der Waals surface area (Å²) in [5.74, 6) is -0.0897. The molecule has 2 aromatic rings. The highest BCUT2D eigenvalue weighted by molar-refractivity contribution is 6.30. The molecule has 0 fully saturated rings. The zero-order valence-corrected chi connectivity index (χ0v) is 10.9. The standard InChI is InChI=1S/C15H14ClNO/c1-11-3-2-4-12(9-11)10-17-15(18)13-5-7-14(16)8-6-13/h2-9H,10H2,1H3,(H,17,18). The summed E-state index contributed by atoms with van der Waals surface area (Å²) in [6.07, 6.45) is 0. The molecule has 0 atom stereocenters. The molecule has 2 rings (SSSR count). The van der Waals surface area contributed by atoms with Gasteiger partial charge in [0.1, 0.15) is 0 Å². The molecule has 2 aromatic carbocycles. The Bertz CT molecular complexity index is 549. The molecule has 0 spiro atoms. The van der Waals surface area contributed by atoms with Crippen molar-refractivity contribution in [2.75, 3.05) is 0 Å². The van der Waals surface area contributed by atoms with E-state index in [1.807, 2.05) is 25.1 Å². The molecule has 3 heteroatoms. The van der Waals surface area contributed by atoms with E-state index in [2.05, 4.69) is 11.4 Å². The molecule has 0 aromatic heterocycles. The van der Waals surface area contributed by atoms with Crippen LogP contribution in [0.2, 0.25) is 5.02 Å². The topological polar surface area (TPSA) is 29.1 Å². The SMILES string of the molecule is Cc1cccc(CNC(=O)c2ccc(Cl)cc2)c1. The van der Waals surface area contributed by atoms with E-state index in [1.165, 1.54) is 5.56 Å². The third-order valence-corrected chi connectivity index (χ3v) is 2.89. The average molecular weight is 260 g/mol. The Morgan fingerprint density at radius 3 is 2.56 bits per heavy atom. The van der Waals surface area contributed by atoms with Crippen LogP contribution >= 0.6 is 11.6 Å². The minimum Gasteiger partial charge on any atom is -0.348 e. The molecule has 92 valence electrons. The molecule has 0 saturated heterocycles. The lowest BCUT2D eigenvalue weighted by atomic mass is 10.1. The van der Waals surface area contributed by atoms with Crippen molar-refractivity contribution < 1.29 is 4.79 Å². The van der Waals surface area contributed by atoms with Crippen LogP contribution in [0.5, 0.6) is 0 Å². The van der Waals surface area contributed by atoms with Crippen molar-refractivity contribution in [1.29, 1.82) is 0 Å². The van der Waals surface area contributed by atoms with Crippen molar-refractivity contribution in [2.24, 2.45) is 0 Å². The second-order valence-corrected chi connectivity index (χ2v) is 4.62. The molecule has 0 saturated carbocycles. The summed E-state index contributed by atoms with van der Waals surface area (Å²) < 4.78 is 0. The van der Waals surface area contributed by atoms with Gasteiger partial charge in [0, 0.05) is 17.1 Å². The Morgan fingerprint density at radius 2 is 1.89 bits per heavy atom. The van der Waals surface area contributed by atoms with Crippen LogP contribution in [0.1, 0.15) is 21.5 Å². The van der Waals surface area contributed by atoms with Gasteiger partial charge in [-0.3, -0.25) is 4.79 Å². The quantitative estimate of drug-likeness (QED) is 0.897. The normalized spacial score (nSPS) is 10.1. The van der Waals surface area contributed by atoms with Gasteiger partial charge in [0.05, 0.1) is 0 Å². The van der Waals surface area contributed by atoms with Crippen LogP contribution in [0.4, 0.5) is 0 Å². The van der Waals surface area contributed by atoms with Crippen LogP contribution in [0.15, 0.2) is 48.5 Å². The second kappa shape index (κ2) is 5.69. The Morgan fingerprint density at radius 1 is 1.17 bits per heavy atom. The molecule has 0 heterocycles. The van der Waals surface area contributed by atoms with E-state index in [0.29, 0.717) is 17.1 Å². The average Bonchev–Trinajstić information content (AvgIpc) is 2.37. The van der Waals surface area contributed by atoms with Gasteiger partial charge in [-0.05, 0) is 36.8 Å². The van der Waals surface area contributed by atoms with Gasteiger partial charge in [-0.25, -0.2) is 0 Å². The largest absolute Gasteiger partial charge is 0.348 e. The first kappa shape index (κ1) is 12.7. The van der Waals surface area contributed by atoms with Crippen LogP contribution in [-0.2, 0) is 6.54 Å². The van der Waals surface area contributed by atoms with Crippen molar-refractivity contribution in [2.45, 2.75) is 13.5 Å². The number of halogens is 1. The Balaban J connectivity index is 1.98. The van der Waals surface area contributed by atoms with E-state index in [1.54, 1.807) is 24.3 Å². The number of carbonyl (C=O) groups is 1.